The molecule has 0 unspecified atom stereocenters. The van der Waals surface area contributed by atoms with Gasteiger partial charge < -0.3 is 10.6 Å². The Labute approximate surface area is 138 Å². The van der Waals surface area contributed by atoms with Crippen molar-refractivity contribution in [2.24, 2.45) is 0 Å². The van der Waals surface area contributed by atoms with Gasteiger partial charge in [-0.15, -0.1) is 0 Å². The smallest absolute Gasteiger partial charge is 0.314 e. The molecule has 0 aliphatic heterocycles. The fourth-order valence-electron chi connectivity index (χ4n) is 1.98. The third-order valence-corrected chi connectivity index (χ3v) is 3.28. The van der Waals surface area contributed by atoms with Crippen LogP contribution in [-0.2, 0) is 9.59 Å². The highest BCUT2D eigenvalue weighted by molar-refractivity contribution is 6.39. The van der Waals surface area contributed by atoms with Crippen LogP contribution in [0.1, 0.15) is 30.8 Å². The third-order valence-electron chi connectivity index (χ3n) is 3.28. The summed E-state index contributed by atoms with van der Waals surface area (Å²) in [5, 5.41) is 9.18. The molecule has 0 spiro atoms. The summed E-state index contributed by atoms with van der Waals surface area (Å²) in [5.74, 6) is -1.17. The van der Waals surface area contributed by atoms with Crippen LogP contribution in [0.5, 0.6) is 0 Å². The Kier molecular flexibility index (Phi) is 4.82. The third kappa shape index (κ3) is 3.67. The van der Waals surface area contributed by atoms with E-state index in [0.717, 1.165) is 0 Å². The molecule has 9 nitrogen and oxygen atoms in total. The van der Waals surface area contributed by atoms with Gasteiger partial charge in [0.1, 0.15) is 5.82 Å². The number of carbonyl (C=O) groups excluding carboxylic acids is 2. The van der Waals surface area contributed by atoms with E-state index in [-0.39, 0.29) is 23.4 Å². The molecule has 0 radical (unpaired) electrons. The zero-order valence-electron chi connectivity index (χ0n) is 14.2. The number of aromatic nitrogens is 4. The molecule has 0 saturated carbocycles. The predicted octanol–water partition coefficient (Wildman–Crippen LogP) is 0.344. The van der Waals surface area contributed by atoms with E-state index in [4.69, 9.17) is 0 Å². The number of nitrogens with one attached hydrogen (secondary N) is 3. The molecule has 0 bridgehead atoms. The normalized spacial score (nSPS) is 10.8. The first-order valence-corrected chi connectivity index (χ1v) is 7.45. The maximum Gasteiger partial charge on any atom is 0.314 e. The molecule has 0 saturated heterocycles. The lowest BCUT2D eigenvalue weighted by atomic mass is 10.3. The molecule has 2 aromatic heterocycles. The highest BCUT2D eigenvalue weighted by atomic mass is 16.2. The van der Waals surface area contributed by atoms with E-state index >= 15 is 0 Å². The van der Waals surface area contributed by atoms with E-state index in [2.05, 4.69) is 25.7 Å². The fraction of sp³-hybridized carbons (Fsp3) is 0.400. The largest absolute Gasteiger partial charge is 0.346 e. The molecule has 0 aliphatic rings. The summed E-state index contributed by atoms with van der Waals surface area (Å²) < 4.78 is 1.28. The Bertz CT molecular complexity index is 849. The van der Waals surface area contributed by atoms with Crippen LogP contribution in [0.2, 0.25) is 0 Å². The maximum atomic E-state index is 12.0. The first kappa shape index (κ1) is 17.4. The van der Waals surface area contributed by atoms with E-state index < -0.39 is 11.8 Å². The Morgan fingerprint density at radius 1 is 1.21 bits per heavy atom. The summed E-state index contributed by atoms with van der Waals surface area (Å²) in [4.78, 5) is 42.5. The molecule has 2 amide bonds. The fourth-order valence-corrected chi connectivity index (χ4v) is 1.98. The lowest BCUT2D eigenvalue weighted by molar-refractivity contribution is -0.136. The SMILES string of the molecule is Cc1cc(NC(=O)C(=O)NC(C)C)n(-c2nc(C)c(C)c(=O)[nH]2)n1. The minimum Gasteiger partial charge on any atom is -0.346 e. The maximum absolute atomic E-state index is 12.0. The van der Waals surface area contributed by atoms with Gasteiger partial charge in [-0.05, 0) is 34.6 Å². The molecule has 24 heavy (non-hydrogen) atoms. The predicted molar refractivity (Wildman–Crippen MR) is 88.1 cm³/mol. The van der Waals surface area contributed by atoms with E-state index in [0.29, 0.717) is 17.0 Å². The summed E-state index contributed by atoms with van der Waals surface area (Å²) in [6.07, 6.45) is 0. The van der Waals surface area contributed by atoms with Gasteiger partial charge in [0.2, 0.25) is 5.95 Å². The van der Waals surface area contributed by atoms with Gasteiger partial charge >= 0.3 is 11.8 Å². The highest BCUT2D eigenvalue weighted by Crippen LogP contribution is 2.14. The van der Waals surface area contributed by atoms with Crippen LogP contribution in [0.3, 0.4) is 0 Å². The van der Waals surface area contributed by atoms with Crippen molar-refractivity contribution in [3.8, 4) is 5.95 Å². The van der Waals surface area contributed by atoms with Crippen LogP contribution in [0, 0.1) is 20.8 Å². The average molecular weight is 332 g/mol. The minimum absolute atomic E-state index is 0.160. The number of hydrogen-bond acceptors (Lipinski definition) is 5. The van der Waals surface area contributed by atoms with Crippen LogP contribution in [0.15, 0.2) is 10.9 Å². The number of carbonyl (C=O) groups is 2. The summed E-state index contributed by atoms with van der Waals surface area (Å²) in [5.41, 5.74) is 1.36. The van der Waals surface area contributed by atoms with Crippen molar-refractivity contribution in [1.29, 1.82) is 0 Å². The van der Waals surface area contributed by atoms with Crippen molar-refractivity contribution < 1.29 is 9.59 Å². The lowest BCUT2D eigenvalue weighted by Crippen LogP contribution is -2.39. The first-order chi connectivity index (χ1) is 11.2. The summed E-state index contributed by atoms with van der Waals surface area (Å²) >= 11 is 0. The van der Waals surface area contributed by atoms with Gasteiger partial charge in [0.15, 0.2) is 0 Å². The van der Waals surface area contributed by atoms with Crippen LogP contribution in [0.25, 0.3) is 5.95 Å². The first-order valence-electron chi connectivity index (χ1n) is 7.45. The van der Waals surface area contributed by atoms with Crippen LogP contribution in [-0.4, -0.2) is 37.6 Å². The molecule has 0 fully saturated rings. The number of amides is 2. The zero-order chi connectivity index (χ0) is 18.0. The van der Waals surface area contributed by atoms with Crippen molar-refractivity contribution in [3.63, 3.8) is 0 Å². The van der Waals surface area contributed by atoms with Crippen molar-refractivity contribution in [1.82, 2.24) is 25.1 Å². The van der Waals surface area contributed by atoms with E-state index in [1.54, 1.807) is 40.7 Å². The Balaban J connectivity index is 2.36. The molecule has 0 aliphatic carbocycles. The van der Waals surface area contributed by atoms with Crippen LogP contribution >= 0.6 is 0 Å². The van der Waals surface area contributed by atoms with Crippen LogP contribution in [0.4, 0.5) is 5.82 Å². The monoisotopic (exact) mass is 332 g/mol. The second-order valence-corrected chi connectivity index (χ2v) is 5.76. The number of aryl methyl sites for hydroxylation is 2. The van der Waals surface area contributed by atoms with E-state index in [9.17, 15) is 14.4 Å². The van der Waals surface area contributed by atoms with Crippen molar-refractivity contribution >= 4 is 17.6 Å². The number of H-pyrrole nitrogens is 1. The Morgan fingerprint density at radius 3 is 2.46 bits per heavy atom. The molecule has 2 aromatic rings. The second kappa shape index (κ2) is 6.65. The van der Waals surface area contributed by atoms with Crippen LogP contribution < -0.4 is 16.2 Å². The summed E-state index contributed by atoms with van der Waals surface area (Å²) in [6.45, 7) is 8.60. The molecule has 0 aromatic carbocycles. The number of anilines is 1. The quantitative estimate of drug-likeness (QED) is 0.700. The molecule has 2 heterocycles. The second-order valence-electron chi connectivity index (χ2n) is 5.76. The molecule has 0 atom stereocenters. The van der Waals surface area contributed by atoms with Gasteiger partial charge in [-0.25, -0.2) is 4.98 Å². The number of hydrogen-bond donors (Lipinski definition) is 3. The lowest BCUT2D eigenvalue weighted by Gasteiger charge is -2.10. The standard InChI is InChI=1S/C15H20N6O3/c1-7(2)16-13(23)14(24)18-11-6-8(3)20-21(11)15-17-10(5)9(4)12(22)19-15/h6-7H,1-5H3,(H,16,23)(H,18,24)(H,17,19,22). The van der Waals surface area contributed by atoms with Gasteiger partial charge in [-0.1, -0.05) is 0 Å². The van der Waals surface area contributed by atoms with Gasteiger partial charge in [0.05, 0.1) is 5.69 Å². The average Bonchev–Trinajstić information content (AvgIpc) is 2.84. The summed E-state index contributed by atoms with van der Waals surface area (Å²) in [7, 11) is 0. The Hall–Kier alpha value is -2.97. The highest BCUT2D eigenvalue weighted by Gasteiger charge is 2.19. The molecular weight excluding hydrogens is 312 g/mol. The van der Waals surface area contributed by atoms with Gasteiger partial charge in [0, 0.05) is 23.4 Å². The topological polar surface area (TPSA) is 122 Å². The Morgan fingerprint density at radius 2 is 1.88 bits per heavy atom. The summed E-state index contributed by atoms with van der Waals surface area (Å²) in [6, 6.07) is 1.42. The number of nitrogens with zero attached hydrogens (tertiary/aromatic N) is 3. The number of rotatable bonds is 3. The minimum atomic E-state index is -0.823. The van der Waals surface area contributed by atoms with E-state index in [1.165, 1.54) is 4.68 Å². The number of aromatic amines is 1. The molecular formula is C15H20N6O3. The molecule has 2 rings (SSSR count). The molecule has 9 heteroatoms. The van der Waals surface area contributed by atoms with Gasteiger partial charge in [-0.3, -0.25) is 19.4 Å². The van der Waals surface area contributed by atoms with Gasteiger partial charge in [-0.2, -0.15) is 9.78 Å². The van der Waals surface area contributed by atoms with Crippen molar-refractivity contribution in [2.45, 2.75) is 40.7 Å². The van der Waals surface area contributed by atoms with Gasteiger partial charge in [0.25, 0.3) is 5.56 Å². The molecule has 3 N–H and O–H groups in total. The zero-order valence-corrected chi connectivity index (χ0v) is 14.2. The van der Waals surface area contributed by atoms with Crippen molar-refractivity contribution in [2.75, 3.05) is 5.32 Å². The van der Waals surface area contributed by atoms with E-state index in [1.807, 2.05) is 0 Å². The van der Waals surface area contributed by atoms with Crippen molar-refractivity contribution in [3.05, 3.63) is 33.4 Å². The molecule has 128 valence electrons.